The third-order valence-corrected chi connectivity index (χ3v) is 7.68. The van der Waals surface area contributed by atoms with Gasteiger partial charge in [-0.2, -0.15) is 0 Å². The van der Waals surface area contributed by atoms with E-state index in [-0.39, 0.29) is 40.5 Å². The number of hydrogen-bond donors (Lipinski definition) is 0. The van der Waals surface area contributed by atoms with Gasteiger partial charge in [0.1, 0.15) is 28.6 Å². The quantitative estimate of drug-likeness (QED) is 0.168. The molecule has 2 aliphatic rings. The fourth-order valence-electron chi connectivity index (χ4n) is 5.65. The second-order valence-corrected chi connectivity index (χ2v) is 9.99. The fraction of sp³-hybridized carbons (Fsp3) is 0.156. The van der Waals surface area contributed by atoms with E-state index in [0.29, 0.717) is 33.6 Å². The summed E-state index contributed by atoms with van der Waals surface area (Å²) in [5.41, 5.74) is 2.85. The maximum Gasteiger partial charge on any atom is 0.312 e. The third kappa shape index (κ3) is 3.81. The largest absolute Gasteiger partial charge is 0.497 e. The Kier molecular flexibility index (Phi) is 5.50. The summed E-state index contributed by atoms with van der Waals surface area (Å²) in [6.07, 6.45) is 4.84. The van der Waals surface area contributed by atoms with Gasteiger partial charge in [0.2, 0.25) is 5.78 Å². The third-order valence-electron chi connectivity index (χ3n) is 7.68. The normalized spacial score (nSPS) is 17.0. The van der Waals surface area contributed by atoms with Gasteiger partial charge < -0.3 is 27.9 Å². The molecule has 9 heteroatoms. The van der Waals surface area contributed by atoms with Crippen LogP contribution in [0.3, 0.4) is 0 Å². The van der Waals surface area contributed by atoms with Crippen LogP contribution in [0.2, 0.25) is 0 Å². The molecule has 5 aromatic rings. The summed E-state index contributed by atoms with van der Waals surface area (Å²) in [5.74, 6) is 0.248. The summed E-state index contributed by atoms with van der Waals surface area (Å²) >= 11 is 0. The molecule has 2 aliphatic heterocycles. The molecule has 4 heterocycles. The highest BCUT2D eigenvalue weighted by Gasteiger charge is 2.39. The van der Waals surface area contributed by atoms with Crippen molar-refractivity contribution in [3.63, 3.8) is 0 Å². The smallest absolute Gasteiger partial charge is 0.312 e. The molecule has 9 nitrogen and oxygen atoms in total. The van der Waals surface area contributed by atoms with Crippen LogP contribution in [-0.2, 0) is 11.8 Å². The number of carbonyl (C=O) groups is 2. The van der Waals surface area contributed by atoms with Crippen molar-refractivity contribution in [3.8, 4) is 23.0 Å². The van der Waals surface area contributed by atoms with Gasteiger partial charge in [-0.3, -0.25) is 14.4 Å². The van der Waals surface area contributed by atoms with E-state index in [1.54, 1.807) is 43.5 Å². The Balaban J connectivity index is 1.36. The number of allylic oxidation sites excluding steroid dienone is 1. The molecule has 0 aliphatic carbocycles. The molecule has 0 saturated heterocycles. The van der Waals surface area contributed by atoms with E-state index in [4.69, 9.17) is 23.4 Å². The number of carbonyl (C=O) groups excluding carboxylic acids is 2. The monoisotopic (exact) mass is 549 g/mol. The first-order chi connectivity index (χ1) is 19.9. The first-order valence-electron chi connectivity index (χ1n) is 12.9. The van der Waals surface area contributed by atoms with Gasteiger partial charge in [0.15, 0.2) is 11.2 Å². The first kappa shape index (κ1) is 24.7. The van der Waals surface area contributed by atoms with Crippen molar-refractivity contribution in [1.82, 2.24) is 4.57 Å². The minimum Gasteiger partial charge on any atom is -0.497 e. The molecule has 0 spiro atoms. The standard InChI is InChI=1S/C32H23NO8/c1-33-14-16(20-11-17(37-2)4-7-24(20)33)10-27-31(36)19-6-9-26-29(32(19)41-27)21(13-28(34)40-26)23-15-39-25-8-5-18(38-3)12-22(25)30(23)35/h4-12,14-15,21H,13H2,1-3H3/b27-10-. The minimum absolute atomic E-state index is 0.120. The number of aryl methyl sites for hydroxylation is 1. The minimum atomic E-state index is -0.748. The van der Waals surface area contributed by atoms with Crippen LogP contribution in [0.4, 0.5) is 0 Å². The van der Waals surface area contributed by atoms with Gasteiger partial charge in [0.05, 0.1) is 37.9 Å². The van der Waals surface area contributed by atoms with Gasteiger partial charge in [-0.25, -0.2) is 0 Å². The van der Waals surface area contributed by atoms with Crippen LogP contribution >= 0.6 is 0 Å². The van der Waals surface area contributed by atoms with Crippen LogP contribution in [0.25, 0.3) is 27.9 Å². The molecule has 0 fully saturated rings. The highest BCUT2D eigenvalue weighted by molar-refractivity contribution is 6.16. The maximum absolute atomic E-state index is 13.7. The molecule has 0 bridgehead atoms. The second-order valence-electron chi connectivity index (χ2n) is 9.99. The first-order valence-corrected chi connectivity index (χ1v) is 12.9. The van der Waals surface area contributed by atoms with Crippen molar-refractivity contribution < 1.29 is 33.0 Å². The Hall–Kier alpha value is -5.31. The van der Waals surface area contributed by atoms with E-state index in [1.165, 1.54) is 13.4 Å². The summed E-state index contributed by atoms with van der Waals surface area (Å²) < 4.78 is 30.2. The van der Waals surface area contributed by atoms with E-state index >= 15 is 0 Å². The molecular formula is C32H23NO8. The summed E-state index contributed by atoms with van der Waals surface area (Å²) in [7, 11) is 5.03. The zero-order valence-corrected chi connectivity index (χ0v) is 22.3. The Morgan fingerprint density at radius 2 is 1.68 bits per heavy atom. The number of nitrogens with zero attached hydrogens (tertiary/aromatic N) is 1. The van der Waals surface area contributed by atoms with Gasteiger partial charge in [-0.05, 0) is 54.6 Å². The molecule has 2 aromatic heterocycles. The van der Waals surface area contributed by atoms with Crippen molar-refractivity contribution in [2.75, 3.05) is 14.2 Å². The summed E-state index contributed by atoms with van der Waals surface area (Å²) in [4.78, 5) is 39.8. The number of aromatic nitrogens is 1. The number of hydrogen-bond acceptors (Lipinski definition) is 8. The molecule has 0 saturated carbocycles. The molecule has 3 aromatic carbocycles. The van der Waals surface area contributed by atoms with Gasteiger partial charge in [0.25, 0.3) is 0 Å². The fourth-order valence-corrected chi connectivity index (χ4v) is 5.65. The molecule has 0 N–H and O–H groups in total. The molecule has 204 valence electrons. The lowest BCUT2D eigenvalue weighted by Gasteiger charge is -2.25. The van der Waals surface area contributed by atoms with E-state index < -0.39 is 11.9 Å². The maximum atomic E-state index is 13.7. The van der Waals surface area contributed by atoms with Crippen LogP contribution in [0.5, 0.6) is 23.0 Å². The van der Waals surface area contributed by atoms with Crippen LogP contribution in [-0.4, -0.2) is 30.5 Å². The van der Waals surface area contributed by atoms with Crippen LogP contribution in [0.15, 0.2) is 76.0 Å². The van der Waals surface area contributed by atoms with Crippen LogP contribution in [0.1, 0.15) is 39.4 Å². The zero-order valence-electron chi connectivity index (χ0n) is 22.3. The number of esters is 1. The van der Waals surface area contributed by atoms with Gasteiger partial charge in [0, 0.05) is 46.8 Å². The number of ether oxygens (including phenoxy) is 4. The Morgan fingerprint density at radius 1 is 0.927 bits per heavy atom. The predicted molar refractivity (Wildman–Crippen MR) is 150 cm³/mol. The SMILES string of the molecule is COc1ccc2c(c1)c(/C=C1\Oc3c(ccc4c3C(c3coc5ccc(OC)cc5c3=O)CC(=O)O4)C1=O)cn2C. The number of benzene rings is 3. The van der Waals surface area contributed by atoms with Crippen LogP contribution < -0.4 is 24.4 Å². The van der Waals surface area contributed by atoms with Gasteiger partial charge >= 0.3 is 5.97 Å². The molecule has 7 rings (SSSR count). The average Bonchev–Trinajstić information content (AvgIpc) is 3.47. The molecule has 41 heavy (non-hydrogen) atoms. The Morgan fingerprint density at radius 3 is 2.46 bits per heavy atom. The number of methoxy groups -OCH3 is 2. The van der Waals surface area contributed by atoms with E-state index in [2.05, 4.69) is 0 Å². The molecule has 1 atom stereocenters. The molecule has 0 amide bonds. The van der Waals surface area contributed by atoms with Crippen molar-refractivity contribution in [3.05, 3.63) is 99.2 Å². The Labute approximate surface area is 233 Å². The van der Waals surface area contributed by atoms with Crippen molar-refractivity contribution in [2.24, 2.45) is 7.05 Å². The van der Waals surface area contributed by atoms with Crippen molar-refractivity contribution in [2.45, 2.75) is 12.3 Å². The molecular weight excluding hydrogens is 526 g/mol. The Bertz CT molecular complexity index is 2030. The number of fused-ring (bicyclic) bond motifs is 5. The summed E-state index contributed by atoms with van der Waals surface area (Å²) in [6, 6.07) is 13.8. The second kappa shape index (κ2) is 9.12. The van der Waals surface area contributed by atoms with E-state index in [1.807, 2.05) is 36.0 Å². The van der Waals surface area contributed by atoms with Gasteiger partial charge in [-0.1, -0.05) is 0 Å². The number of ketones is 1. The highest BCUT2D eigenvalue weighted by Crippen LogP contribution is 2.48. The number of Topliss-reactive ketones (excluding diaryl/α,β-unsaturated/α-hetero) is 1. The van der Waals surface area contributed by atoms with E-state index in [9.17, 15) is 14.4 Å². The van der Waals surface area contributed by atoms with Crippen molar-refractivity contribution >= 4 is 39.7 Å². The van der Waals surface area contributed by atoms with Gasteiger partial charge in [-0.15, -0.1) is 0 Å². The summed E-state index contributed by atoms with van der Waals surface area (Å²) in [5, 5.41) is 1.21. The van der Waals surface area contributed by atoms with Crippen LogP contribution in [0, 0.1) is 0 Å². The topological polar surface area (TPSA) is 106 Å². The average molecular weight is 550 g/mol. The number of rotatable bonds is 4. The van der Waals surface area contributed by atoms with Crippen molar-refractivity contribution in [1.29, 1.82) is 0 Å². The lowest BCUT2D eigenvalue weighted by molar-refractivity contribution is -0.135. The molecule has 1 unspecified atom stereocenters. The lowest BCUT2D eigenvalue weighted by atomic mass is 9.85. The lowest BCUT2D eigenvalue weighted by Crippen LogP contribution is -2.25. The summed E-state index contributed by atoms with van der Waals surface area (Å²) in [6.45, 7) is 0. The zero-order chi connectivity index (χ0) is 28.4. The molecule has 0 radical (unpaired) electrons. The predicted octanol–water partition coefficient (Wildman–Crippen LogP) is 5.36. The van der Waals surface area contributed by atoms with E-state index in [0.717, 1.165) is 16.5 Å². The highest BCUT2D eigenvalue weighted by atomic mass is 16.5.